The molecule has 0 fully saturated rings. The van der Waals surface area contributed by atoms with Crippen LogP contribution in [-0.2, 0) is 4.79 Å². The lowest BCUT2D eigenvalue weighted by atomic mass is 10.0. The number of hydrazine groups is 1. The summed E-state index contributed by atoms with van der Waals surface area (Å²) in [5.74, 6) is 0.549. The van der Waals surface area contributed by atoms with E-state index in [1.165, 1.54) is 5.01 Å². The van der Waals surface area contributed by atoms with Gasteiger partial charge in [0.15, 0.2) is 6.61 Å². The molecular weight excluding hydrogens is 430 g/mol. The van der Waals surface area contributed by atoms with Crippen molar-refractivity contribution in [2.75, 3.05) is 19.0 Å². The molecule has 34 heavy (non-hydrogen) atoms. The van der Waals surface area contributed by atoms with Gasteiger partial charge < -0.3 is 14.8 Å². The molecule has 7 nitrogen and oxygen atoms in total. The maximum absolute atomic E-state index is 13.3. The molecular formula is C27H23N3O4. The Morgan fingerprint density at radius 1 is 0.941 bits per heavy atom. The first-order valence-electron chi connectivity index (χ1n) is 10.9. The van der Waals surface area contributed by atoms with Crippen molar-refractivity contribution < 1.29 is 19.1 Å². The van der Waals surface area contributed by atoms with Crippen molar-refractivity contribution in [3.05, 3.63) is 102 Å². The number of fused-ring (bicyclic) bond motifs is 2. The van der Waals surface area contributed by atoms with E-state index >= 15 is 0 Å². The first-order valence-corrected chi connectivity index (χ1v) is 10.9. The molecule has 2 amide bonds. The average Bonchev–Trinajstić information content (AvgIpc) is 2.89. The Morgan fingerprint density at radius 2 is 1.68 bits per heavy atom. The number of ether oxygens (including phenoxy) is 2. The maximum Gasteiger partial charge on any atom is 0.276 e. The Bertz CT molecular complexity index is 1350. The Balaban J connectivity index is 1.37. The molecule has 170 valence electrons. The van der Waals surface area contributed by atoms with Gasteiger partial charge in [-0.3, -0.25) is 15.0 Å². The van der Waals surface area contributed by atoms with Crippen LogP contribution in [0.4, 0.5) is 5.69 Å². The standard InChI is InChI=1S/C27H23N3O4/c1-33-20-15-13-19(14-16-20)26-28-23-11-5-4-10-22(23)27(32)30(26)29-25(31)17-34-24-12-6-8-18-7-2-3-9-21(18)24/h2-16,26,28H,17H2,1H3,(H,29,31). The van der Waals surface area contributed by atoms with Gasteiger partial charge in [-0.05, 0) is 41.3 Å². The Kier molecular flexibility index (Phi) is 5.74. The van der Waals surface area contributed by atoms with Crippen molar-refractivity contribution in [1.82, 2.24) is 10.4 Å². The minimum Gasteiger partial charge on any atom is -0.497 e. The number of carbonyl (C=O) groups excluding carboxylic acids is 2. The SMILES string of the molecule is COc1ccc(C2Nc3ccccc3C(=O)N2NC(=O)COc2cccc3ccccc23)cc1. The molecule has 7 heteroatoms. The summed E-state index contributed by atoms with van der Waals surface area (Å²) in [6, 6.07) is 28.0. The molecule has 0 bridgehead atoms. The normalized spacial score (nSPS) is 14.8. The topological polar surface area (TPSA) is 79.9 Å². The molecule has 4 aromatic rings. The summed E-state index contributed by atoms with van der Waals surface area (Å²) < 4.78 is 11.1. The van der Waals surface area contributed by atoms with E-state index in [9.17, 15) is 9.59 Å². The number of nitrogens with one attached hydrogen (secondary N) is 2. The summed E-state index contributed by atoms with van der Waals surface area (Å²) >= 11 is 0. The van der Waals surface area contributed by atoms with Crippen molar-refractivity contribution >= 4 is 28.3 Å². The van der Waals surface area contributed by atoms with Crippen LogP contribution in [0.2, 0.25) is 0 Å². The number of hydrogen-bond donors (Lipinski definition) is 2. The second-order valence-corrected chi connectivity index (χ2v) is 7.84. The molecule has 1 aliphatic rings. The van der Waals surface area contributed by atoms with Crippen molar-refractivity contribution in [2.24, 2.45) is 0 Å². The van der Waals surface area contributed by atoms with E-state index in [-0.39, 0.29) is 12.5 Å². The molecule has 1 heterocycles. The number of amides is 2. The van der Waals surface area contributed by atoms with Gasteiger partial charge in [0, 0.05) is 11.1 Å². The van der Waals surface area contributed by atoms with E-state index in [2.05, 4.69) is 10.7 Å². The van der Waals surface area contributed by atoms with E-state index in [1.54, 1.807) is 19.2 Å². The second kappa shape index (κ2) is 9.15. The minimum atomic E-state index is -0.602. The van der Waals surface area contributed by atoms with Crippen LogP contribution in [0.1, 0.15) is 22.1 Å². The number of anilines is 1. The predicted octanol–water partition coefficient (Wildman–Crippen LogP) is 4.53. The number of nitrogens with zero attached hydrogens (tertiary/aromatic N) is 1. The molecule has 0 aliphatic carbocycles. The molecule has 1 unspecified atom stereocenters. The molecule has 0 spiro atoms. The van der Waals surface area contributed by atoms with Crippen LogP contribution < -0.4 is 20.2 Å². The van der Waals surface area contributed by atoms with Crippen molar-refractivity contribution in [3.8, 4) is 11.5 Å². The smallest absolute Gasteiger partial charge is 0.276 e. The van der Waals surface area contributed by atoms with Crippen molar-refractivity contribution in [3.63, 3.8) is 0 Å². The highest BCUT2D eigenvalue weighted by molar-refractivity contribution is 6.02. The first-order chi connectivity index (χ1) is 16.6. The third kappa shape index (κ3) is 4.11. The van der Waals surface area contributed by atoms with Crippen molar-refractivity contribution in [1.29, 1.82) is 0 Å². The minimum absolute atomic E-state index is 0.241. The van der Waals surface area contributed by atoms with Gasteiger partial charge in [0.1, 0.15) is 17.7 Å². The fraction of sp³-hybridized carbons (Fsp3) is 0.111. The highest BCUT2D eigenvalue weighted by Crippen LogP contribution is 2.32. The quantitative estimate of drug-likeness (QED) is 0.449. The van der Waals surface area contributed by atoms with E-state index in [1.807, 2.05) is 78.9 Å². The van der Waals surface area contributed by atoms with Gasteiger partial charge in [-0.25, -0.2) is 5.01 Å². The summed E-state index contributed by atoms with van der Waals surface area (Å²) in [5.41, 5.74) is 4.70. The number of rotatable bonds is 6. The van der Waals surface area contributed by atoms with E-state index in [0.29, 0.717) is 22.7 Å². The van der Waals surface area contributed by atoms with Gasteiger partial charge in [0.2, 0.25) is 0 Å². The van der Waals surface area contributed by atoms with Gasteiger partial charge in [0.05, 0.1) is 12.7 Å². The molecule has 0 saturated carbocycles. The molecule has 1 aliphatic heterocycles. The Labute approximate surface area is 196 Å². The Morgan fingerprint density at radius 3 is 2.50 bits per heavy atom. The van der Waals surface area contributed by atoms with Crippen LogP contribution in [0.15, 0.2) is 91.0 Å². The highest BCUT2D eigenvalue weighted by Gasteiger charge is 2.34. The van der Waals surface area contributed by atoms with E-state index < -0.39 is 12.1 Å². The number of methoxy groups -OCH3 is 1. The molecule has 4 aromatic carbocycles. The van der Waals surface area contributed by atoms with Gasteiger partial charge in [-0.15, -0.1) is 0 Å². The fourth-order valence-corrected chi connectivity index (χ4v) is 4.02. The zero-order valence-corrected chi connectivity index (χ0v) is 18.5. The van der Waals surface area contributed by atoms with Crippen LogP contribution in [0.5, 0.6) is 11.5 Å². The number of benzene rings is 4. The van der Waals surface area contributed by atoms with E-state index in [4.69, 9.17) is 9.47 Å². The molecule has 0 radical (unpaired) electrons. The van der Waals surface area contributed by atoms with Crippen LogP contribution >= 0.6 is 0 Å². The molecule has 0 aromatic heterocycles. The van der Waals surface area contributed by atoms with Crippen LogP contribution in [0.3, 0.4) is 0 Å². The summed E-state index contributed by atoms with van der Waals surface area (Å²) in [7, 11) is 1.59. The summed E-state index contributed by atoms with van der Waals surface area (Å²) in [6.07, 6.45) is -0.602. The van der Waals surface area contributed by atoms with E-state index in [0.717, 1.165) is 16.3 Å². The van der Waals surface area contributed by atoms with Gasteiger partial charge in [-0.1, -0.05) is 60.7 Å². The maximum atomic E-state index is 13.3. The summed E-state index contributed by atoms with van der Waals surface area (Å²) in [5, 5.41) is 6.58. The monoisotopic (exact) mass is 453 g/mol. The third-order valence-electron chi connectivity index (χ3n) is 5.71. The van der Waals surface area contributed by atoms with Crippen LogP contribution in [0.25, 0.3) is 10.8 Å². The number of hydrogen-bond acceptors (Lipinski definition) is 5. The fourth-order valence-electron chi connectivity index (χ4n) is 4.02. The van der Waals surface area contributed by atoms with Crippen LogP contribution in [0, 0.1) is 0 Å². The number of carbonyl (C=O) groups is 2. The summed E-state index contributed by atoms with van der Waals surface area (Å²) in [4.78, 5) is 26.2. The number of para-hydroxylation sites is 1. The van der Waals surface area contributed by atoms with Crippen molar-refractivity contribution in [2.45, 2.75) is 6.17 Å². The van der Waals surface area contributed by atoms with Gasteiger partial charge >= 0.3 is 0 Å². The van der Waals surface area contributed by atoms with Crippen LogP contribution in [-0.4, -0.2) is 30.5 Å². The molecule has 5 rings (SSSR count). The Hall–Kier alpha value is -4.52. The first kappa shape index (κ1) is 21.3. The predicted molar refractivity (Wildman–Crippen MR) is 130 cm³/mol. The van der Waals surface area contributed by atoms with Gasteiger partial charge in [-0.2, -0.15) is 0 Å². The molecule has 0 saturated heterocycles. The lowest BCUT2D eigenvalue weighted by molar-refractivity contribution is -0.127. The lowest BCUT2D eigenvalue weighted by Gasteiger charge is -2.37. The zero-order chi connectivity index (χ0) is 23.5. The molecule has 1 atom stereocenters. The van der Waals surface area contributed by atoms with Gasteiger partial charge in [0.25, 0.3) is 11.8 Å². The second-order valence-electron chi connectivity index (χ2n) is 7.84. The lowest BCUT2D eigenvalue weighted by Crippen LogP contribution is -2.53. The largest absolute Gasteiger partial charge is 0.497 e. The highest BCUT2D eigenvalue weighted by atomic mass is 16.5. The average molecular weight is 453 g/mol. The summed E-state index contributed by atoms with van der Waals surface area (Å²) in [6.45, 7) is -0.241. The third-order valence-corrected chi connectivity index (χ3v) is 5.71. The zero-order valence-electron chi connectivity index (χ0n) is 18.5. The molecule has 2 N–H and O–H groups in total.